The Hall–Kier alpha value is -3.54. The number of ether oxygens (including phenoxy) is 1. The molecule has 2 atom stereocenters. The number of rotatable bonds is 3. The van der Waals surface area contributed by atoms with Gasteiger partial charge in [-0.05, 0) is 105 Å². The van der Waals surface area contributed by atoms with E-state index in [0.717, 1.165) is 63.0 Å². The van der Waals surface area contributed by atoms with E-state index in [4.69, 9.17) is 4.74 Å². The number of piperidine rings is 1. The van der Waals surface area contributed by atoms with Crippen LogP contribution in [0.5, 0.6) is 5.75 Å². The third-order valence-corrected chi connectivity index (χ3v) is 9.04. The highest BCUT2D eigenvalue weighted by Crippen LogP contribution is 2.48. The Bertz CT molecular complexity index is 1380. The molecule has 2 heterocycles. The monoisotopic (exact) mass is 542 g/mol. The zero-order chi connectivity index (χ0) is 28.1. The van der Waals surface area contributed by atoms with Gasteiger partial charge in [0, 0.05) is 43.2 Å². The van der Waals surface area contributed by atoms with Gasteiger partial charge in [-0.15, -0.1) is 0 Å². The molecule has 3 aliphatic rings. The fourth-order valence-corrected chi connectivity index (χ4v) is 7.00. The number of carbonyl (C=O) groups is 1. The van der Waals surface area contributed by atoms with E-state index in [1.807, 2.05) is 49.9 Å². The zero-order valence-corrected chi connectivity index (χ0v) is 23.7. The molecule has 0 bridgehead atoms. The molecule has 1 spiro atoms. The van der Waals surface area contributed by atoms with Crippen molar-refractivity contribution in [2.45, 2.75) is 63.9 Å². The Morgan fingerprint density at radius 3 is 2.35 bits per heavy atom. The largest absolute Gasteiger partial charge is 0.508 e. The topological polar surface area (TPSA) is 53.0 Å². The summed E-state index contributed by atoms with van der Waals surface area (Å²) in [5, 5.41) is 10.1. The summed E-state index contributed by atoms with van der Waals surface area (Å²) in [4.78, 5) is 16.7. The second-order valence-corrected chi connectivity index (χ2v) is 12.9. The van der Waals surface area contributed by atoms with Gasteiger partial charge in [-0.1, -0.05) is 36.4 Å². The van der Waals surface area contributed by atoms with Gasteiger partial charge >= 0.3 is 6.09 Å². The zero-order valence-electron chi connectivity index (χ0n) is 23.7. The lowest BCUT2D eigenvalue weighted by molar-refractivity contribution is -0.0434. The molecule has 6 rings (SSSR count). The van der Waals surface area contributed by atoms with Crippen LogP contribution in [-0.4, -0.2) is 47.9 Å². The highest BCUT2D eigenvalue weighted by molar-refractivity contribution is 5.69. The summed E-state index contributed by atoms with van der Waals surface area (Å²) in [6, 6.07) is 21.6. The molecule has 6 heteroatoms. The lowest BCUT2D eigenvalue weighted by atomic mass is 9.69. The van der Waals surface area contributed by atoms with Gasteiger partial charge in [0.2, 0.25) is 0 Å². The SMILES string of the molecule is CC(C)(C)OC(=O)N1CC2(CCN(c3ccc([C@@H]4c5ccc(O)cc5CC[C@@H]4c4ccccc4F)cc3)CC2)C1. The average molecular weight is 543 g/mol. The van der Waals surface area contributed by atoms with Crippen LogP contribution in [0.25, 0.3) is 0 Å². The molecule has 0 saturated carbocycles. The van der Waals surface area contributed by atoms with Gasteiger partial charge in [0.15, 0.2) is 0 Å². The maximum absolute atomic E-state index is 15.0. The number of anilines is 1. The number of hydrogen-bond donors (Lipinski definition) is 1. The number of fused-ring (bicyclic) bond motifs is 1. The van der Waals surface area contributed by atoms with E-state index in [-0.39, 0.29) is 34.9 Å². The average Bonchev–Trinajstić information content (AvgIpc) is 2.90. The van der Waals surface area contributed by atoms with Gasteiger partial charge in [-0.25, -0.2) is 9.18 Å². The fraction of sp³-hybridized carbons (Fsp3) is 0.441. The minimum Gasteiger partial charge on any atom is -0.508 e. The third-order valence-electron chi connectivity index (χ3n) is 9.04. The van der Waals surface area contributed by atoms with Crippen molar-refractivity contribution in [1.82, 2.24) is 4.90 Å². The number of nitrogens with zero attached hydrogens (tertiary/aromatic N) is 2. The highest BCUT2D eigenvalue weighted by Gasteiger charge is 2.47. The second-order valence-electron chi connectivity index (χ2n) is 12.9. The Morgan fingerprint density at radius 2 is 1.68 bits per heavy atom. The molecular weight excluding hydrogens is 503 g/mol. The van der Waals surface area contributed by atoms with Crippen molar-refractivity contribution >= 4 is 11.8 Å². The Kier molecular flexibility index (Phi) is 6.76. The number of likely N-dealkylation sites (tertiary alicyclic amines) is 1. The van der Waals surface area contributed by atoms with E-state index in [0.29, 0.717) is 0 Å². The van der Waals surface area contributed by atoms with E-state index in [1.54, 1.807) is 18.2 Å². The first kappa shape index (κ1) is 26.7. The first-order chi connectivity index (χ1) is 19.1. The molecule has 0 unspecified atom stereocenters. The van der Waals surface area contributed by atoms with Gasteiger partial charge in [0.05, 0.1) is 0 Å². The van der Waals surface area contributed by atoms with E-state index < -0.39 is 5.60 Å². The van der Waals surface area contributed by atoms with E-state index >= 15 is 0 Å². The first-order valence-electron chi connectivity index (χ1n) is 14.5. The molecular formula is C34H39FN2O3. The van der Waals surface area contributed by atoms with E-state index in [2.05, 4.69) is 29.2 Å². The molecule has 2 fully saturated rings. The fourth-order valence-electron chi connectivity index (χ4n) is 7.00. The third kappa shape index (κ3) is 5.16. The number of aromatic hydroxyl groups is 1. The van der Waals surface area contributed by atoms with Crippen LogP contribution in [0.1, 0.15) is 74.1 Å². The van der Waals surface area contributed by atoms with Crippen LogP contribution in [0.3, 0.4) is 0 Å². The predicted molar refractivity (Wildman–Crippen MR) is 156 cm³/mol. The molecule has 3 aromatic rings. The Labute approximate surface area is 236 Å². The summed E-state index contributed by atoms with van der Waals surface area (Å²) in [5.74, 6) is 0.180. The normalized spacial score (nSPS) is 22.0. The van der Waals surface area contributed by atoms with E-state index in [9.17, 15) is 14.3 Å². The molecule has 40 heavy (non-hydrogen) atoms. The van der Waals surface area contributed by atoms with Crippen molar-refractivity contribution in [3.8, 4) is 5.75 Å². The number of halogens is 1. The van der Waals surface area contributed by atoms with Crippen LogP contribution >= 0.6 is 0 Å². The minimum absolute atomic E-state index is 0.0220. The van der Waals surface area contributed by atoms with Gasteiger partial charge in [0.25, 0.3) is 0 Å². The van der Waals surface area contributed by atoms with Gasteiger partial charge in [0.1, 0.15) is 17.2 Å². The second kappa shape index (κ2) is 10.1. The number of phenolic OH excluding ortho intramolecular Hbond substituents is 1. The molecule has 210 valence electrons. The number of aryl methyl sites for hydroxylation is 1. The van der Waals surface area contributed by atoms with Crippen LogP contribution in [0.2, 0.25) is 0 Å². The summed E-state index contributed by atoms with van der Waals surface area (Å²) >= 11 is 0. The number of amides is 1. The number of benzene rings is 3. The Balaban J connectivity index is 1.17. The molecule has 1 amide bonds. The van der Waals surface area contributed by atoms with Crippen molar-refractivity contribution in [2.24, 2.45) is 5.41 Å². The molecule has 1 aliphatic carbocycles. The lowest BCUT2D eigenvalue weighted by Gasteiger charge is -2.54. The lowest BCUT2D eigenvalue weighted by Crippen LogP contribution is -2.62. The quantitative estimate of drug-likeness (QED) is 0.379. The smallest absolute Gasteiger partial charge is 0.410 e. The van der Waals surface area contributed by atoms with Gasteiger partial charge in [-0.3, -0.25) is 0 Å². The van der Waals surface area contributed by atoms with Crippen LogP contribution in [-0.2, 0) is 11.2 Å². The van der Waals surface area contributed by atoms with Crippen molar-refractivity contribution in [2.75, 3.05) is 31.1 Å². The maximum atomic E-state index is 15.0. The van der Waals surface area contributed by atoms with Crippen molar-refractivity contribution in [1.29, 1.82) is 0 Å². The van der Waals surface area contributed by atoms with Crippen LogP contribution in [0.4, 0.5) is 14.9 Å². The molecule has 3 aromatic carbocycles. The molecule has 2 aliphatic heterocycles. The van der Waals surface area contributed by atoms with Gasteiger partial charge in [-0.2, -0.15) is 0 Å². The summed E-state index contributed by atoms with van der Waals surface area (Å²) in [7, 11) is 0. The summed E-state index contributed by atoms with van der Waals surface area (Å²) in [6.07, 6.45) is 3.56. The molecule has 0 radical (unpaired) electrons. The van der Waals surface area contributed by atoms with Crippen LogP contribution in [0.15, 0.2) is 66.7 Å². The summed E-state index contributed by atoms with van der Waals surface area (Å²) < 4.78 is 20.5. The molecule has 2 saturated heterocycles. The number of carbonyl (C=O) groups excluding carboxylic acids is 1. The highest BCUT2D eigenvalue weighted by atomic mass is 19.1. The standard InChI is InChI=1S/C34H39FN2O3/c1-33(2,3)40-32(39)37-21-34(22-37)16-18-36(19-17-34)25-11-8-23(9-12-25)31-27-15-13-26(38)20-24(27)10-14-29(31)28-6-4-5-7-30(28)35/h4-9,11-13,15,20,29,31,38H,10,14,16-19,21-22H2,1-3H3/t29-,31-/m1/s1. The van der Waals surface area contributed by atoms with Crippen LogP contribution < -0.4 is 4.90 Å². The number of hydrogen-bond acceptors (Lipinski definition) is 4. The number of phenols is 1. The minimum atomic E-state index is -0.466. The molecule has 0 aromatic heterocycles. The Morgan fingerprint density at radius 1 is 0.975 bits per heavy atom. The van der Waals surface area contributed by atoms with E-state index in [1.165, 1.54) is 16.8 Å². The maximum Gasteiger partial charge on any atom is 0.410 e. The van der Waals surface area contributed by atoms with Crippen molar-refractivity contribution in [3.63, 3.8) is 0 Å². The molecule has 5 nitrogen and oxygen atoms in total. The molecule has 1 N–H and O–H groups in total. The van der Waals surface area contributed by atoms with Gasteiger partial charge < -0.3 is 19.6 Å². The first-order valence-corrected chi connectivity index (χ1v) is 14.5. The van der Waals surface area contributed by atoms with Crippen molar-refractivity contribution < 1.29 is 19.0 Å². The van der Waals surface area contributed by atoms with Crippen LogP contribution in [0, 0.1) is 11.2 Å². The summed E-state index contributed by atoms with van der Waals surface area (Å²) in [6.45, 7) is 9.20. The van der Waals surface area contributed by atoms with Crippen molar-refractivity contribution in [3.05, 3.63) is 94.8 Å². The summed E-state index contributed by atoms with van der Waals surface area (Å²) in [5.41, 5.74) is 5.19. The predicted octanol–water partition coefficient (Wildman–Crippen LogP) is 7.23.